The summed E-state index contributed by atoms with van der Waals surface area (Å²) in [5.74, 6) is 1.05. The third-order valence-electron chi connectivity index (χ3n) is 3.82. The second-order valence-electron chi connectivity index (χ2n) is 5.56. The van der Waals surface area contributed by atoms with Gasteiger partial charge in [0.25, 0.3) is 0 Å². The van der Waals surface area contributed by atoms with Crippen LogP contribution in [0, 0.1) is 13.8 Å². The maximum Gasteiger partial charge on any atom is 0.138 e. The van der Waals surface area contributed by atoms with Crippen molar-refractivity contribution in [3.8, 4) is 0 Å². The number of rotatable bonds is 7. The summed E-state index contributed by atoms with van der Waals surface area (Å²) in [4.78, 5) is 4.42. The predicted octanol–water partition coefficient (Wildman–Crippen LogP) is 3.20. The van der Waals surface area contributed by atoms with E-state index in [1.807, 2.05) is 4.68 Å². The third kappa shape index (κ3) is 3.91. The molecule has 4 heteroatoms. The van der Waals surface area contributed by atoms with Crippen molar-refractivity contribution in [3.63, 3.8) is 0 Å². The molecule has 0 fully saturated rings. The number of aryl methyl sites for hydroxylation is 3. The summed E-state index contributed by atoms with van der Waals surface area (Å²) < 4.78 is 1.98. The lowest BCUT2D eigenvalue weighted by molar-refractivity contribution is 0.495. The van der Waals surface area contributed by atoms with Crippen LogP contribution in [0.2, 0.25) is 0 Å². The summed E-state index contributed by atoms with van der Waals surface area (Å²) >= 11 is 0. The fourth-order valence-electron chi connectivity index (χ4n) is 2.72. The smallest absolute Gasteiger partial charge is 0.138 e. The van der Waals surface area contributed by atoms with E-state index in [2.05, 4.69) is 61.3 Å². The molecule has 4 nitrogen and oxygen atoms in total. The van der Waals surface area contributed by atoms with Crippen molar-refractivity contribution in [1.29, 1.82) is 0 Å². The molecule has 1 heterocycles. The molecule has 1 N–H and O–H groups in total. The molecule has 0 aliphatic carbocycles. The van der Waals surface area contributed by atoms with Gasteiger partial charge in [-0.1, -0.05) is 30.7 Å². The van der Waals surface area contributed by atoms with Gasteiger partial charge in [-0.2, -0.15) is 5.10 Å². The van der Waals surface area contributed by atoms with Gasteiger partial charge < -0.3 is 5.32 Å². The van der Waals surface area contributed by atoms with E-state index in [0.717, 1.165) is 31.8 Å². The minimum Gasteiger partial charge on any atom is -0.310 e. The van der Waals surface area contributed by atoms with Crippen LogP contribution in [-0.2, 0) is 13.0 Å². The van der Waals surface area contributed by atoms with Gasteiger partial charge in [-0.15, -0.1) is 0 Å². The molecular weight excluding hydrogens is 260 g/mol. The van der Waals surface area contributed by atoms with Crippen LogP contribution in [0.4, 0.5) is 0 Å². The molecule has 21 heavy (non-hydrogen) atoms. The molecule has 2 rings (SSSR count). The second-order valence-corrected chi connectivity index (χ2v) is 5.56. The highest BCUT2D eigenvalue weighted by molar-refractivity contribution is 5.33. The predicted molar refractivity (Wildman–Crippen MR) is 86.4 cm³/mol. The molecule has 1 unspecified atom stereocenters. The molecule has 1 aromatic heterocycles. The van der Waals surface area contributed by atoms with Crippen molar-refractivity contribution in [1.82, 2.24) is 20.1 Å². The molecule has 0 saturated heterocycles. The zero-order valence-corrected chi connectivity index (χ0v) is 13.6. The highest BCUT2D eigenvalue weighted by atomic mass is 15.3. The molecular formula is C17H26N4. The minimum atomic E-state index is 0.292. The topological polar surface area (TPSA) is 42.7 Å². The molecule has 0 aliphatic rings. The first-order chi connectivity index (χ1) is 10.2. The molecule has 0 saturated carbocycles. The maximum atomic E-state index is 4.42. The van der Waals surface area contributed by atoms with E-state index < -0.39 is 0 Å². The van der Waals surface area contributed by atoms with E-state index in [0.29, 0.717) is 6.04 Å². The Morgan fingerprint density at radius 3 is 2.71 bits per heavy atom. The lowest BCUT2D eigenvalue weighted by Crippen LogP contribution is -2.26. The van der Waals surface area contributed by atoms with Gasteiger partial charge in [0.1, 0.15) is 12.2 Å². The Morgan fingerprint density at radius 2 is 2.05 bits per heavy atom. The zero-order chi connectivity index (χ0) is 15.2. The summed E-state index contributed by atoms with van der Waals surface area (Å²) in [5, 5.41) is 7.93. The van der Waals surface area contributed by atoms with E-state index >= 15 is 0 Å². The molecule has 0 radical (unpaired) electrons. The molecule has 0 bridgehead atoms. The Hall–Kier alpha value is -1.68. The molecule has 2 aromatic rings. The minimum absolute atomic E-state index is 0.292. The quantitative estimate of drug-likeness (QED) is 0.850. The molecule has 1 atom stereocenters. The number of hydrogen-bond acceptors (Lipinski definition) is 3. The van der Waals surface area contributed by atoms with E-state index in [9.17, 15) is 0 Å². The van der Waals surface area contributed by atoms with Crippen molar-refractivity contribution in [2.24, 2.45) is 0 Å². The summed E-state index contributed by atoms with van der Waals surface area (Å²) in [5.41, 5.74) is 4.01. The van der Waals surface area contributed by atoms with Crippen LogP contribution < -0.4 is 5.32 Å². The molecule has 114 valence electrons. The standard InChI is InChI=1S/C17H26N4/c1-5-9-18-16(11-17-19-12-20-21(17)6-2)15-8-7-13(3)10-14(15)4/h7-8,10,12,16,18H,5-6,9,11H2,1-4H3. The van der Waals surface area contributed by atoms with Crippen molar-refractivity contribution < 1.29 is 0 Å². The van der Waals surface area contributed by atoms with Crippen LogP contribution in [0.3, 0.4) is 0 Å². The van der Waals surface area contributed by atoms with Gasteiger partial charge in [0, 0.05) is 19.0 Å². The third-order valence-corrected chi connectivity index (χ3v) is 3.82. The van der Waals surface area contributed by atoms with Gasteiger partial charge in [0.2, 0.25) is 0 Å². The average Bonchev–Trinajstić information content (AvgIpc) is 2.91. The lowest BCUT2D eigenvalue weighted by Gasteiger charge is -2.21. The van der Waals surface area contributed by atoms with Crippen molar-refractivity contribution in [3.05, 3.63) is 47.0 Å². The number of nitrogens with zero attached hydrogens (tertiary/aromatic N) is 3. The summed E-state index contributed by atoms with van der Waals surface area (Å²) in [6.07, 6.45) is 3.65. The van der Waals surface area contributed by atoms with Gasteiger partial charge in [-0.25, -0.2) is 4.98 Å². The van der Waals surface area contributed by atoms with Gasteiger partial charge >= 0.3 is 0 Å². The molecule has 0 aliphatic heterocycles. The first-order valence-corrected chi connectivity index (χ1v) is 7.82. The molecule has 0 spiro atoms. The van der Waals surface area contributed by atoms with Gasteiger partial charge in [0.15, 0.2) is 0 Å². The summed E-state index contributed by atoms with van der Waals surface area (Å²) in [6, 6.07) is 6.97. The highest BCUT2D eigenvalue weighted by Gasteiger charge is 2.16. The van der Waals surface area contributed by atoms with E-state index in [-0.39, 0.29) is 0 Å². The highest BCUT2D eigenvalue weighted by Crippen LogP contribution is 2.22. The van der Waals surface area contributed by atoms with Crippen LogP contribution >= 0.6 is 0 Å². The Labute approximate surface area is 127 Å². The summed E-state index contributed by atoms with van der Waals surface area (Å²) in [6.45, 7) is 10.5. The van der Waals surface area contributed by atoms with Crippen LogP contribution in [0.5, 0.6) is 0 Å². The van der Waals surface area contributed by atoms with Crippen LogP contribution in [0.25, 0.3) is 0 Å². The van der Waals surface area contributed by atoms with Crippen LogP contribution in [0.15, 0.2) is 24.5 Å². The van der Waals surface area contributed by atoms with E-state index in [1.165, 1.54) is 16.7 Å². The summed E-state index contributed by atoms with van der Waals surface area (Å²) in [7, 11) is 0. The lowest BCUT2D eigenvalue weighted by atomic mass is 9.96. The SMILES string of the molecule is CCCNC(Cc1ncnn1CC)c1ccc(C)cc1C. The largest absolute Gasteiger partial charge is 0.310 e. The van der Waals surface area contributed by atoms with Crippen molar-refractivity contribution in [2.75, 3.05) is 6.54 Å². The van der Waals surface area contributed by atoms with Gasteiger partial charge in [-0.3, -0.25) is 4.68 Å². The number of hydrogen-bond donors (Lipinski definition) is 1. The number of aromatic nitrogens is 3. The first-order valence-electron chi connectivity index (χ1n) is 7.82. The van der Waals surface area contributed by atoms with Crippen molar-refractivity contribution in [2.45, 2.75) is 53.1 Å². The molecule has 0 amide bonds. The first kappa shape index (κ1) is 15.7. The number of nitrogens with one attached hydrogen (secondary N) is 1. The number of benzene rings is 1. The Bertz CT molecular complexity index is 574. The maximum absolute atomic E-state index is 4.42. The normalized spacial score (nSPS) is 12.6. The Morgan fingerprint density at radius 1 is 1.24 bits per heavy atom. The average molecular weight is 286 g/mol. The fourth-order valence-corrected chi connectivity index (χ4v) is 2.72. The van der Waals surface area contributed by atoms with Crippen molar-refractivity contribution >= 4 is 0 Å². The Balaban J connectivity index is 2.25. The van der Waals surface area contributed by atoms with Crippen LogP contribution in [0.1, 0.15) is 48.8 Å². The fraction of sp³-hybridized carbons (Fsp3) is 0.529. The van der Waals surface area contributed by atoms with E-state index in [4.69, 9.17) is 0 Å². The van der Waals surface area contributed by atoms with Gasteiger partial charge in [-0.05, 0) is 44.9 Å². The van der Waals surface area contributed by atoms with E-state index in [1.54, 1.807) is 6.33 Å². The zero-order valence-electron chi connectivity index (χ0n) is 13.6. The molecule has 1 aromatic carbocycles. The van der Waals surface area contributed by atoms with Crippen LogP contribution in [-0.4, -0.2) is 21.3 Å². The van der Waals surface area contributed by atoms with Gasteiger partial charge in [0.05, 0.1) is 0 Å². The second kappa shape index (κ2) is 7.36. The Kier molecular flexibility index (Phi) is 5.51. The monoisotopic (exact) mass is 286 g/mol.